The highest BCUT2D eigenvalue weighted by Gasteiger charge is 2.37. The van der Waals surface area contributed by atoms with E-state index < -0.39 is 6.10 Å². The maximum atomic E-state index is 12.6. The molecule has 8 heteroatoms. The quantitative estimate of drug-likeness (QED) is 0.740. The summed E-state index contributed by atoms with van der Waals surface area (Å²) in [6.45, 7) is 9.50. The minimum atomic E-state index is -0.518. The molecule has 2 atom stereocenters. The van der Waals surface area contributed by atoms with Gasteiger partial charge >= 0.3 is 0 Å². The molecule has 2 fully saturated rings. The molecular formula is C18H28N4O4. The topological polar surface area (TPSA) is 87.9 Å². The highest BCUT2D eigenvalue weighted by Crippen LogP contribution is 2.19. The molecule has 144 valence electrons. The minimum absolute atomic E-state index is 0.00593. The fraction of sp³-hybridized carbons (Fsp3) is 0.722. The highest BCUT2D eigenvalue weighted by molar-refractivity contribution is 5.96. The van der Waals surface area contributed by atoms with E-state index in [0.29, 0.717) is 50.5 Å². The second-order valence-corrected chi connectivity index (χ2v) is 7.16. The van der Waals surface area contributed by atoms with Gasteiger partial charge in [0.25, 0.3) is 0 Å². The third-order valence-corrected chi connectivity index (χ3v) is 5.40. The van der Waals surface area contributed by atoms with Gasteiger partial charge in [0.15, 0.2) is 5.78 Å². The summed E-state index contributed by atoms with van der Waals surface area (Å²) in [5, 5.41) is 14.7. The zero-order valence-corrected chi connectivity index (χ0v) is 15.8. The van der Waals surface area contributed by atoms with Gasteiger partial charge in [-0.15, -0.1) is 0 Å². The average Bonchev–Trinajstić information content (AvgIpc) is 3.13. The molecule has 1 aromatic heterocycles. The molecule has 3 heterocycles. The van der Waals surface area contributed by atoms with Crippen molar-refractivity contribution in [1.82, 2.24) is 19.6 Å². The molecule has 0 aromatic carbocycles. The van der Waals surface area contributed by atoms with E-state index >= 15 is 0 Å². The number of aliphatic hydroxyl groups excluding tert-OH is 1. The lowest BCUT2D eigenvalue weighted by molar-refractivity contribution is -0.130. The Bertz CT molecular complexity index is 681. The van der Waals surface area contributed by atoms with E-state index in [2.05, 4.69) is 10.00 Å². The number of nitrogens with zero attached hydrogens (tertiary/aromatic N) is 4. The maximum absolute atomic E-state index is 12.6. The van der Waals surface area contributed by atoms with Crippen LogP contribution < -0.4 is 0 Å². The molecule has 8 nitrogen and oxygen atoms in total. The van der Waals surface area contributed by atoms with Crippen molar-refractivity contribution in [1.29, 1.82) is 0 Å². The van der Waals surface area contributed by atoms with E-state index in [4.69, 9.17) is 4.74 Å². The Morgan fingerprint density at radius 2 is 1.92 bits per heavy atom. The average molecular weight is 364 g/mol. The third kappa shape index (κ3) is 3.82. The summed E-state index contributed by atoms with van der Waals surface area (Å²) in [6, 6.07) is -0.0131. The van der Waals surface area contributed by atoms with Crippen molar-refractivity contribution < 1.29 is 19.4 Å². The van der Waals surface area contributed by atoms with Crippen molar-refractivity contribution in [3.63, 3.8) is 0 Å². The number of Topliss-reactive ketones (excluding diaryl/α,β-unsaturated/α-hetero) is 1. The Hall–Kier alpha value is -1.77. The molecule has 2 aliphatic heterocycles. The fourth-order valence-electron chi connectivity index (χ4n) is 4.02. The Balaban J connectivity index is 1.57. The van der Waals surface area contributed by atoms with Crippen LogP contribution >= 0.6 is 0 Å². The normalized spacial score (nSPS) is 24.2. The van der Waals surface area contributed by atoms with E-state index in [9.17, 15) is 14.7 Å². The second-order valence-electron chi connectivity index (χ2n) is 7.16. The van der Waals surface area contributed by atoms with E-state index in [1.54, 1.807) is 9.58 Å². The van der Waals surface area contributed by atoms with Gasteiger partial charge in [0.05, 0.1) is 36.6 Å². The van der Waals surface area contributed by atoms with Crippen LogP contribution in [0.25, 0.3) is 0 Å². The minimum Gasteiger partial charge on any atom is -0.390 e. The van der Waals surface area contributed by atoms with Gasteiger partial charge in [0.2, 0.25) is 5.91 Å². The van der Waals surface area contributed by atoms with Crippen molar-refractivity contribution in [2.75, 3.05) is 39.4 Å². The Morgan fingerprint density at radius 3 is 2.54 bits per heavy atom. The number of aryl methyl sites for hydroxylation is 2. The monoisotopic (exact) mass is 364 g/mol. The van der Waals surface area contributed by atoms with Crippen molar-refractivity contribution in [2.24, 2.45) is 0 Å². The highest BCUT2D eigenvalue weighted by atomic mass is 16.5. The Kier molecular flexibility index (Phi) is 5.74. The lowest BCUT2D eigenvalue weighted by atomic mass is 10.1. The number of aliphatic hydroxyl groups is 1. The molecular weight excluding hydrogens is 336 g/mol. The fourth-order valence-corrected chi connectivity index (χ4v) is 4.02. The predicted octanol–water partition coefficient (Wildman–Crippen LogP) is -0.00346. The van der Waals surface area contributed by atoms with E-state index in [1.165, 1.54) is 6.92 Å². The molecule has 1 aromatic rings. The standard InChI is InChI=1S/C18H28N4O4/c1-12-18(14(3)23)13(2)22(19-12)5-4-17(25)21-10-15(16(24)11-21)20-6-8-26-9-7-20/h15-16,24H,4-11H2,1-3H3/t15-,16-/m0/s1. The van der Waals surface area contributed by atoms with Crippen molar-refractivity contribution in [3.05, 3.63) is 17.0 Å². The summed E-state index contributed by atoms with van der Waals surface area (Å²) in [5.74, 6) is 0.00494. The second kappa shape index (κ2) is 7.85. The number of hydrogen-bond acceptors (Lipinski definition) is 6. The predicted molar refractivity (Wildman–Crippen MR) is 95.1 cm³/mol. The van der Waals surface area contributed by atoms with Crippen LogP contribution in [0.3, 0.4) is 0 Å². The first-order valence-electron chi connectivity index (χ1n) is 9.21. The molecule has 2 aliphatic rings. The number of likely N-dealkylation sites (tertiary alicyclic amines) is 1. The first-order valence-corrected chi connectivity index (χ1v) is 9.21. The molecule has 26 heavy (non-hydrogen) atoms. The van der Waals surface area contributed by atoms with Crippen LogP contribution in [-0.2, 0) is 16.1 Å². The van der Waals surface area contributed by atoms with Gasteiger partial charge < -0.3 is 14.7 Å². The van der Waals surface area contributed by atoms with Gasteiger partial charge in [-0.25, -0.2) is 0 Å². The molecule has 1 amide bonds. The number of carbonyl (C=O) groups excluding carboxylic acids is 2. The first kappa shape index (κ1) is 19.0. The molecule has 2 saturated heterocycles. The largest absolute Gasteiger partial charge is 0.390 e. The van der Waals surface area contributed by atoms with Gasteiger partial charge in [-0.2, -0.15) is 5.10 Å². The van der Waals surface area contributed by atoms with Crippen molar-refractivity contribution in [3.8, 4) is 0 Å². The molecule has 0 bridgehead atoms. The van der Waals surface area contributed by atoms with Crippen molar-refractivity contribution >= 4 is 11.7 Å². The zero-order valence-electron chi connectivity index (χ0n) is 15.8. The third-order valence-electron chi connectivity index (χ3n) is 5.40. The van der Waals surface area contributed by atoms with Crippen molar-refractivity contribution in [2.45, 2.75) is 45.9 Å². The van der Waals surface area contributed by atoms with Crippen LogP contribution in [0, 0.1) is 13.8 Å². The Morgan fingerprint density at radius 1 is 1.23 bits per heavy atom. The van der Waals surface area contributed by atoms with Crippen LogP contribution in [0.2, 0.25) is 0 Å². The van der Waals surface area contributed by atoms with Gasteiger partial charge in [0, 0.05) is 44.8 Å². The number of morpholine rings is 1. The molecule has 0 radical (unpaired) electrons. The molecule has 0 unspecified atom stereocenters. The number of ketones is 1. The van der Waals surface area contributed by atoms with Crippen LogP contribution in [0.4, 0.5) is 0 Å². The number of aromatic nitrogens is 2. The summed E-state index contributed by atoms with van der Waals surface area (Å²) in [4.78, 5) is 28.2. The van der Waals surface area contributed by atoms with Crippen LogP contribution in [0.15, 0.2) is 0 Å². The molecule has 0 aliphatic carbocycles. The molecule has 0 spiro atoms. The molecule has 1 N–H and O–H groups in total. The number of hydrogen-bond donors (Lipinski definition) is 1. The van der Waals surface area contributed by atoms with Crippen LogP contribution in [-0.4, -0.2) is 87.9 Å². The van der Waals surface area contributed by atoms with Crippen LogP contribution in [0.5, 0.6) is 0 Å². The van der Waals surface area contributed by atoms with Gasteiger partial charge in [-0.3, -0.25) is 19.2 Å². The number of ether oxygens (including phenoxy) is 1. The van der Waals surface area contributed by atoms with Gasteiger partial charge in [0.1, 0.15) is 0 Å². The Labute approximate surface area is 153 Å². The zero-order chi connectivity index (χ0) is 18.8. The summed E-state index contributed by atoms with van der Waals surface area (Å²) in [7, 11) is 0. The number of carbonyl (C=O) groups is 2. The van der Waals surface area contributed by atoms with E-state index in [-0.39, 0.29) is 17.7 Å². The number of rotatable bonds is 5. The smallest absolute Gasteiger partial charge is 0.224 e. The summed E-state index contributed by atoms with van der Waals surface area (Å²) >= 11 is 0. The number of amides is 1. The number of β-amino-alcohol motifs (C(OH)–C–C–N with tert-alkyl or cyclic N) is 1. The molecule has 3 rings (SSSR count). The van der Waals surface area contributed by atoms with E-state index in [1.807, 2.05) is 13.8 Å². The summed E-state index contributed by atoms with van der Waals surface area (Å²) in [5.41, 5.74) is 2.14. The first-order chi connectivity index (χ1) is 12.4. The summed E-state index contributed by atoms with van der Waals surface area (Å²) in [6.07, 6.45) is -0.211. The molecule has 0 saturated carbocycles. The van der Waals surface area contributed by atoms with Crippen LogP contribution in [0.1, 0.15) is 35.1 Å². The van der Waals surface area contributed by atoms with E-state index in [0.717, 1.165) is 18.8 Å². The lowest BCUT2D eigenvalue weighted by Crippen LogP contribution is -2.49. The lowest BCUT2D eigenvalue weighted by Gasteiger charge is -2.33. The SMILES string of the molecule is CC(=O)c1c(C)nn(CCC(=O)N2C[C@H](O)[C@@H](N3CCOCC3)C2)c1C. The maximum Gasteiger partial charge on any atom is 0.224 e. The van der Waals surface area contributed by atoms with Gasteiger partial charge in [-0.05, 0) is 20.8 Å². The van der Waals surface area contributed by atoms with Gasteiger partial charge in [-0.1, -0.05) is 0 Å². The summed E-state index contributed by atoms with van der Waals surface area (Å²) < 4.78 is 7.09.